The van der Waals surface area contributed by atoms with Gasteiger partial charge in [0.15, 0.2) is 11.5 Å². The Balaban J connectivity index is 1.60. The molecule has 8 heteroatoms. The molecule has 0 radical (unpaired) electrons. The molecule has 1 aliphatic heterocycles. The number of amides is 2. The summed E-state index contributed by atoms with van der Waals surface area (Å²) in [5.41, 5.74) is 0.566. The summed E-state index contributed by atoms with van der Waals surface area (Å²) in [5, 5.41) is 2.87. The number of nitrogens with one attached hydrogen (secondary N) is 1. The van der Waals surface area contributed by atoms with Crippen LogP contribution in [0.5, 0.6) is 17.4 Å². The van der Waals surface area contributed by atoms with Crippen molar-refractivity contribution in [3.63, 3.8) is 0 Å². The van der Waals surface area contributed by atoms with Crippen LogP contribution in [-0.4, -0.2) is 49.3 Å². The Morgan fingerprint density at radius 1 is 1.27 bits per heavy atom. The number of rotatable bonds is 5. The van der Waals surface area contributed by atoms with Gasteiger partial charge in [-0.25, -0.2) is 9.78 Å². The molecule has 2 amide bonds. The van der Waals surface area contributed by atoms with Gasteiger partial charge in [-0.05, 0) is 34.1 Å². The first-order valence-corrected chi connectivity index (χ1v) is 8.95. The van der Waals surface area contributed by atoms with Gasteiger partial charge in [0.05, 0.1) is 26.5 Å². The molecule has 1 atom stereocenters. The largest absolute Gasteiger partial charge is 0.493 e. The van der Waals surface area contributed by atoms with Crippen LogP contribution < -0.4 is 19.5 Å². The lowest BCUT2D eigenvalue weighted by Crippen LogP contribution is -2.34. The van der Waals surface area contributed by atoms with Crippen LogP contribution >= 0.6 is 15.9 Å². The zero-order valence-corrected chi connectivity index (χ0v) is 16.2. The molecule has 1 aromatic carbocycles. The quantitative estimate of drug-likeness (QED) is 0.798. The van der Waals surface area contributed by atoms with Gasteiger partial charge in [0, 0.05) is 29.7 Å². The Hall–Kier alpha value is -2.48. The number of aromatic nitrogens is 1. The minimum atomic E-state index is -0.202. The molecule has 0 aliphatic carbocycles. The van der Waals surface area contributed by atoms with Crippen LogP contribution in [0.25, 0.3) is 0 Å². The van der Waals surface area contributed by atoms with Crippen molar-refractivity contribution in [3.05, 3.63) is 41.0 Å². The minimum Gasteiger partial charge on any atom is -0.493 e. The number of anilines is 1. The highest BCUT2D eigenvalue weighted by Crippen LogP contribution is 2.35. The topological polar surface area (TPSA) is 72.9 Å². The average Bonchev–Trinajstić information content (AvgIpc) is 3.12. The zero-order valence-electron chi connectivity index (χ0n) is 14.6. The van der Waals surface area contributed by atoms with Crippen LogP contribution in [0.15, 0.2) is 41.0 Å². The maximum absolute atomic E-state index is 12.6. The Morgan fingerprint density at radius 3 is 2.81 bits per heavy atom. The number of urea groups is 1. The number of hydrogen-bond acceptors (Lipinski definition) is 5. The smallest absolute Gasteiger partial charge is 0.322 e. The van der Waals surface area contributed by atoms with Gasteiger partial charge in [0.25, 0.3) is 0 Å². The molecule has 0 spiro atoms. The number of likely N-dealkylation sites (tertiary alicyclic amines) is 1. The predicted octanol–water partition coefficient (Wildman–Crippen LogP) is 3.55. The van der Waals surface area contributed by atoms with Crippen molar-refractivity contribution in [2.24, 2.45) is 0 Å². The standard InChI is InChI=1S/C18H20BrN3O4/c1-24-15-5-3-4-14(17(15)25-2)21-18(23)22-9-8-13(11-22)26-16-7-6-12(19)10-20-16/h3-7,10,13H,8-9,11H2,1-2H3,(H,21,23). The summed E-state index contributed by atoms with van der Waals surface area (Å²) in [6.07, 6.45) is 2.35. The second-order valence-corrected chi connectivity index (χ2v) is 6.68. The molecular weight excluding hydrogens is 402 g/mol. The molecule has 0 bridgehead atoms. The molecule has 1 fully saturated rings. The number of ether oxygens (including phenoxy) is 3. The van der Waals surface area contributed by atoms with E-state index in [1.54, 1.807) is 49.6 Å². The van der Waals surface area contributed by atoms with Crippen LogP contribution in [0, 0.1) is 0 Å². The van der Waals surface area contributed by atoms with Crippen molar-refractivity contribution >= 4 is 27.6 Å². The molecule has 7 nitrogen and oxygen atoms in total. The van der Waals surface area contributed by atoms with E-state index in [0.29, 0.717) is 36.2 Å². The van der Waals surface area contributed by atoms with Gasteiger partial charge in [0.2, 0.25) is 5.88 Å². The number of carbonyl (C=O) groups excluding carboxylic acids is 1. The van der Waals surface area contributed by atoms with E-state index in [9.17, 15) is 4.79 Å². The first-order chi connectivity index (χ1) is 12.6. The lowest BCUT2D eigenvalue weighted by Gasteiger charge is -2.19. The van der Waals surface area contributed by atoms with Crippen molar-refractivity contribution in [1.29, 1.82) is 0 Å². The summed E-state index contributed by atoms with van der Waals surface area (Å²) in [6.45, 7) is 1.11. The van der Waals surface area contributed by atoms with Crippen molar-refractivity contribution in [1.82, 2.24) is 9.88 Å². The molecule has 1 aliphatic rings. The van der Waals surface area contributed by atoms with Gasteiger partial charge in [-0.2, -0.15) is 0 Å². The van der Waals surface area contributed by atoms with E-state index in [0.717, 1.165) is 10.9 Å². The van der Waals surface area contributed by atoms with Crippen molar-refractivity contribution in [2.45, 2.75) is 12.5 Å². The summed E-state index contributed by atoms with van der Waals surface area (Å²) < 4.78 is 17.3. The molecule has 1 unspecified atom stereocenters. The highest BCUT2D eigenvalue weighted by atomic mass is 79.9. The van der Waals surface area contributed by atoms with Gasteiger partial charge >= 0.3 is 6.03 Å². The number of hydrogen-bond donors (Lipinski definition) is 1. The average molecular weight is 422 g/mol. The Morgan fingerprint density at radius 2 is 2.12 bits per heavy atom. The summed E-state index contributed by atoms with van der Waals surface area (Å²) in [5.74, 6) is 1.61. The van der Waals surface area contributed by atoms with Crippen molar-refractivity contribution in [3.8, 4) is 17.4 Å². The number of methoxy groups -OCH3 is 2. The van der Waals surface area contributed by atoms with E-state index in [4.69, 9.17) is 14.2 Å². The molecule has 3 rings (SSSR count). The number of carbonyl (C=O) groups is 1. The van der Waals surface area contributed by atoms with Crippen LogP contribution in [0.1, 0.15) is 6.42 Å². The maximum Gasteiger partial charge on any atom is 0.322 e. The van der Waals surface area contributed by atoms with E-state index < -0.39 is 0 Å². The first-order valence-electron chi connectivity index (χ1n) is 8.16. The third-order valence-corrected chi connectivity index (χ3v) is 4.53. The molecule has 26 heavy (non-hydrogen) atoms. The summed E-state index contributed by atoms with van der Waals surface area (Å²) in [4.78, 5) is 18.5. The molecule has 138 valence electrons. The number of halogens is 1. The molecule has 0 saturated carbocycles. The Kier molecular flexibility index (Phi) is 5.82. The fraction of sp³-hybridized carbons (Fsp3) is 0.333. The SMILES string of the molecule is COc1cccc(NC(=O)N2CCC(Oc3ccc(Br)cn3)C2)c1OC. The number of benzene rings is 1. The third-order valence-electron chi connectivity index (χ3n) is 4.06. The van der Waals surface area contributed by atoms with Crippen LogP contribution in [0.4, 0.5) is 10.5 Å². The van der Waals surface area contributed by atoms with E-state index in [1.165, 1.54) is 0 Å². The highest BCUT2D eigenvalue weighted by Gasteiger charge is 2.28. The molecule has 2 heterocycles. The lowest BCUT2D eigenvalue weighted by atomic mass is 10.2. The third kappa shape index (κ3) is 4.19. The fourth-order valence-corrected chi connectivity index (χ4v) is 3.03. The van der Waals surface area contributed by atoms with Gasteiger partial charge in [-0.1, -0.05) is 6.07 Å². The molecule has 1 saturated heterocycles. The summed E-state index contributed by atoms with van der Waals surface area (Å²) in [6, 6.07) is 8.82. The van der Waals surface area contributed by atoms with Crippen molar-refractivity contribution in [2.75, 3.05) is 32.6 Å². The van der Waals surface area contributed by atoms with Crippen molar-refractivity contribution < 1.29 is 19.0 Å². The second-order valence-electron chi connectivity index (χ2n) is 5.76. The van der Waals surface area contributed by atoms with E-state index >= 15 is 0 Å². The lowest BCUT2D eigenvalue weighted by molar-refractivity contribution is 0.190. The van der Waals surface area contributed by atoms with Gasteiger partial charge in [-0.3, -0.25) is 0 Å². The minimum absolute atomic E-state index is 0.0818. The van der Waals surface area contributed by atoms with E-state index in [1.807, 2.05) is 6.07 Å². The molecule has 1 N–H and O–H groups in total. The van der Waals surface area contributed by atoms with Gasteiger partial charge < -0.3 is 24.4 Å². The predicted molar refractivity (Wildman–Crippen MR) is 101 cm³/mol. The number of pyridine rings is 1. The number of para-hydroxylation sites is 1. The van der Waals surface area contributed by atoms with Gasteiger partial charge in [-0.15, -0.1) is 0 Å². The zero-order chi connectivity index (χ0) is 18.5. The van der Waals surface area contributed by atoms with Crippen LogP contribution in [-0.2, 0) is 0 Å². The first kappa shape index (κ1) is 18.3. The molecular formula is C18H20BrN3O4. The Bertz CT molecular complexity index is 770. The monoisotopic (exact) mass is 421 g/mol. The highest BCUT2D eigenvalue weighted by molar-refractivity contribution is 9.10. The normalized spacial score (nSPS) is 16.3. The summed E-state index contributed by atoms with van der Waals surface area (Å²) in [7, 11) is 3.10. The maximum atomic E-state index is 12.6. The Labute approximate surface area is 160 Å². The molecule has 1 aromatic heterocycles. The summed E-state index contributed by atoms with van der Waals surface area (Å²) >= 11 is 3.34. The van der Waals surface area contributed by atoms with Crippen LogP contribution in [0.3, 0.4) is 0 Å². The number of nitrogens with zero attached hydrogens (tertiary/aromatic N) is 2. The van der Waals surface area contributed by atoms with E-state index in [-0.39, 0.29) is 12.1 Å². The van der Waals surface area contributed by atoms with Crippen LogP contribution in [0.2, 0.25) is 0 Å². The van der Waals surface area contributed by atoms with E-state index in [2.05, 4.69) is 26.2 Å². The molecule has 2 aromatic rings. The second kappa shape index (κ2) is 8.27. The fourth-order valence-electron chi connectivity index (χ4n) is 2.79. The van der Waals surface area contributed by atoms with Gasteiger partial charge in [0.1, 0.15) is 6.10 Å².